The van der Waals surface area contributed by atoms with Gasteiger partial charge in [-0.25, -0.2) is 0 Å². The van der Waals surface area contributed by atoms with Crippen molar-refractivity contribution in [3.63, 3.8) is 0 Å². The van der Waals surface area contributed by atoms with Crippen LogP contribution in [0.25, 0.3) is 0 Å². The third kappa shape index (κ3) is 0.337. The first-order chi connectivity index (χ1) is 4.42. The van der Waals surface area contributed by atoms with E-state index in [1.54, 1.807) is 0 Å². The Morgan fingerprint density at radius 2 is 2.00 bits per heavy atom. The maximum Gasteiger partial charge on any atom is 0.0141 e. The number of hydrogen-bond acceptors (Lipinski definition) is 1. The zero-order chi connectivity index (χ0) is 5.90. The van der Waals surface area contributed by atoms with Gasteiger partial charge in [-0.3, -0.25) is 0 Å². The molecule has 0 bridgehead atoms. The van der Waals surface area contributed by atoms with E-state index in [-0.39, 0.29) is 0 Å². The molecule has 1 heterocycles. The second-order valence-electron chi connectivity index (χ2n) is 3.94. The minimum atomic E-state index is 0.861. The summed E-state index contributed by atoms with van der Waals surface area (Å²) in [6.45, 7) is 0. The van der Waals surface area contributed by atoms with E-state index in [9.17, 15) is 0 Å². The number of hydrogen-bond donors (Lipinski definition) is 1. The lowest BCUT2D eigenvalue weighted by atomic mass is 9.55. The van der Waals surface area contributed by atoms with Crippen molar-refractivity contribution in [2.45, 2.75) is 44.2 Å². The predicted molar refractivity (Wildman–Crippen MR) is 36.2 cm³/mol. The van der Waals surface area contributed by atoms with Gasteiger partial charge in [0.25, 0.3) is 0 Å². The minimum Gasteiger partial charge on any atom is -0.310 e. The third-order valence-corrected chi connectivity index (χ3v) is 3.82. The fourth-order valence-electron chi connectivity index (χ4n) is 3.12. The largest absolute Gasteiger partial charge is 0.310 e. The van der Waals surface area contributed by atoms with Crippen LogP contribution in [0.15, 0.2) is 0 Å². The van der Waals surface area contributed by atoms with Crippen LogP contribution >= 0.6 is 0 Å². The zero-order valence-corrected chi connectivity index (χ0v) is 5.69. The molecule has 2 aliphatic carbocycles. The quantitative estimate of drug-likeness (QED) is 0.512. The molecule has 1 heteroatoms. The normalized spacial score (nSPS) is 61.3. The molecule has 1 saturated heterocycles. The highest BCUT2D eigenvalue weighted by Gasteiger charge is 2.61. The molecule has 3 rings (SSSR count). The van der Waals surface area contributed by atoms with Gasteiger partial charge in [-0.1, -0.05) is 6.42 Å². The first kappa shape index (κ1) is 4.73. The summed E-state index contributed by atoms with van der Waals surface area (Å²) in [4.78, 5) is 0. The van der Waals surface area contributed by atoms with E-state index in [1.807, 2.05) is 0 Å². The first-order valence-electron chi connectivity index (χ1n) is 4.18. The molecular weight excluding hydrogens is 110 g/mol. The molecule has 0 aromatic carbocycles. The Hall–Kier alpha value is -0.0400. The molecule has 1 spiro atoms. The third-order valence-electron chi connectivity index (χ3n) is 3.82. The Labute approximate surface area is 55.8 Å². The van der Waals surface area contributed by atoms with E-state index in [0.29, 0.717) is 0 Å². The molecule has 1 aliphatic heterocycles. The van der Waals surface area contributed by atoms with E-state index >= 15 is 0 Å². The van der Waals surface area contributed by atoms with Crippen LogP contribution in [0.3, 0.4) is 0 Å². The van der Waals surface area contributed by atoms with Crippen molar-refractivity contribution in [1.82, 2.24) is 5.32 Å². The highest BCUT2D eigenvalue weighted by Crippen LogP contribution is 2.59. The molecule has 3 aliphatic rings. The topological polar surface area (TPSA) is 12.0 Å². The monoisotopic (exact) mass is 123 g/mol. The first-order valence-corrected chi connectivity index (χ1v) is 4.18. The van der Waals surface area contributed by atoms with Crippen LogP contribution < -0.4 is 5.32 Å². The number of piperidine rings is 1. The molecule has 9 heavy (non-hydrogen) atoms. The van der Waals surface area contributed by atoms with Crippen LogP contribution in [0.1, 0.15) is 32.1 Å². The summed E-state index contributed by atoms with van der Waals surface area (Å²) in [7, 11) is 0. The molecule has 1 N–H and O–H groups in total. The average Bonchev–Trinajstić information content (AvgIpc) is 2.23. The van der Waals surface area contributed by atoms with Crippen molar-refractivity contribution >= 4 is 0 Å². The summed E-state index contributed by atoms with van der Waals surface area (Å²) in [5, 5.41) is 3.63. The van der Waals surface area contributed by atoms with Crippen molar-refractivity contribution in [2.75, 3.05) is 0 Å². The molecule has 0 aromatic heterocycles. The van der Waals surface area contributed by atoms with E-state index in [4.69, 9.17) is 0 Å². The van der Waals surface area contributed by atoms with Crippen LogP contribution in [0.5, 0.6) is 0 Å². The summed E-state index contributed by atoms with van der Waals surface area (Å²) in [5.74, 6) is 0. The fourth-order valence-corrected chi connectivity index (χ4v) is 3.12. The Balaban J connectivity index is 1.95. The Kier molecular flexibility index (Phi) is 0.628. The van der Waals surface area contributed by atoms with Crippen LogP contribution in [0.4, 0.5) is 0 Å². The van der Waals surface area contributed by atoms with Crippen molar-refractivity contribution in [1.29, 1.82) is 0 Å². The highest BCUT2D eigenvalue weighted by molar-refractivity contribution is 5.18. The van der Waals surface area contributed by atoms with Crippen molar-refractivity contribution in [2.24, 2.45) is 5.41 Å². The maximum atomic E-state index is 3.63. The second kappa shape index (κ2) is 1.20. The van der Waals surface area contributed by atoms with Gasteiger partial charge in [0, 0.05) is 17.5 Å². The molecule has 0 amide bonds. The van der Waals surface area contributed by atoms with E-state index in [1.165, 1.54) is 32.1 Å². The Morgan fingerprint density at radius 3 is 2.44 bits per heavy atom. The Morgan fingerprint density at radius 1 is 1.11 bits per heavy atom. The van der Waals surface area contributed by atoms with Gasteiger partial charge in [0.15, 0.2) is 0 Å². The van der Waals surface area contributed by atoms with Gasteiger partial charge in [0.1, 0.15) is 0 Å². The standard InChI is InChI=1S/C8H13N/c1-2-6-8(4-1)5-3-7(8)9-6/h6-7,9H,1-5H2. The summed E-state index contributed by atoms with van der Waals surface area (Å²) >= 11 is 0. The maximum absolute atomic E-state index is 3.63. The number of rotatable bonds is 0. The predicted octanol–water partition coefficient (Wildman–Crippen LogP) is 1.29. The van der Waals surface area contributed by atoms with Gasteiger partial charge < -0.3 is 5.32 Å². The van der Waals surface area contributed by atoms with Crippen molar-refractivity contribution in [3.05, 3.63) is 0 Å². The molecule has 2 saturated carbocycles. The van der Waals surface area contributed by atoms with Crippen LogP contribution in [-0.2, 0) is 0 Å². The zero-order valence-electron chi connectivity index (χ0n) is 5.69. The van der Waals surface area contributed by atoms with E-state index in [0.717, 1.165) is 17.5 Å². The summed E-state index contributed by atoms with van der Waals surface area (Å²) < 4.78 is 0. The van der Waals surface area contributed by atoms with Crippen LogP contribution in [0, 0.1) is 5.41 Å². The van der Waals surface area contributed by atoms with E-state index in [2.05, 4.69) is 5.32 Å². The average molecular weight is 123 g/mol. The Bertz CT molecular complexity index is 155. The van der Waals surface area contributed by atoms with E-state index < -0.39 is 0 Å². The van der Waals surface area contributed by atoms with Crippen LogP contribution in [-0.4, -0.2) is 12.1 Å². The van der Waals surface area contributed by atoms with Gasteiger partial charge in [-0.2, -0.15) is 0 Å². The fraction of sp³-hybridized carbons (Fsp3) is 1.00. The molecule has 50 valence electrons. The van der Waals surface area contributed by atoms with Crippen LogP contribution in [0.2, 0.25) is 0 Å². The molecule has 3 fully saturated rings. The second-order valence-corrected chi connectivity index (χ2v) is 3.94. The van der Waals surface area contributed by atoms with Gasteiger partial charge in [-0.05, 0) is 25.7 Å². The summed E-state index contributed by atoms with van der Waals surface area (Å²) in [6.07, 6.45) is 7.51. The van der Waals surface area contributed by atoms with Gasteiger partial charge >= 0.3 is 0 Å². The van der Waals surface area contributed by atoms with Gasteiger partial charge in [0.2, 0.25) is 0 Å². The molecule has 3 unspecified atom stereocenters. The smallest absolute Gasteiger partial charge is 0.0141 e. The molecule has 0 radical (unpaired) electrons. The summed E-state index contributed by atoms with van der Waals surface area (Å²) in [6, 6.07) is 1.92. The minimum absolute atomic E-state index is 0.861. The van der Waals surface area contributed by atoms with Gasteiger partial charge in [-0.15, -0.1) is 0 Å². The molecule has 1 nitrogen and oxygen atoms in total. The SMILES string of the molecule is C1CC2NC3CCC23C1. The lowest BCUT2D eigenvalue weighted by Gasteiger charge is -2.62. The van der Waals surface area contributed by atoms with Crippen molar-refractivity contribution in [3.8, 4) is 0 Å². The lowest BCUT2D eigenvalue weighted by molar-refractivity contribution is -0.0563. The van der Waals surface area contributed by atoms with Crippen molar-refractivity contribution < 1.29 is 0 Å². The highest BCUT2D eigenvalue weighted by atomic mass is 15.1. The molecular formula is C8H13N. The summed E-state index contributed by atoms with van der Waals surface area (Å²) in [5.41, 5.74) is 0.861. The van der Waals surface area contributed by atoms with Gasteiger partial charge in [0.05, 0.1) is 0 Å². The number of nitrogens with one attached hydrogen (secondary N) is 1. The molecule has 3 atom stereocenters. The lowest BCUT2D eigenvalue weighted by Crippen LogP contribution is -2.73. The molecule has 0 aromatic rings.